The summed E-state index contributed by atoms with van der Waals surface area (Å²) in [5, 5.41) is 9.37. The summed E-state index contributed by atoms with van der Waals surface area (Å²) < 4.78 is 5.15. The summed E-state index contributed by atoms with van der Waals surface area (Å²) in [6.45, 7) is 1.95. The number of esters is 1. The largest absolute Gasteiger partial charge is 0.465 e. The fourth-order valence-electron chi connectivity index (χ4n) is 4.87. The van der Waals surface area contributed by atoms with Crippen molar-refractivity contribution in [2.24, 2.45) is 5.92 Å². The lowest BCUT2D eigenvalue weighted by Crippen LogP contribution is -2.31. The van der Waals surface area contributed by atoms with Crippen molar-refractivity contribution in [1.29, 1.82) is 5.26 Å². The van der Waals surface area contributed by atoms with Crippen LogP contribution >= 0.6 is 11.3 Å². The topological polar surface area (TPSA) is 79.3 Å². The molecule has 6 heteroatoms. The van der Waals surface area contributed by atoms with Gasteiger partial charge >= 0.3 is 5.97 Å². The molecular formula is C25H29N3O2S. The van der Waals surface area contributed by atoms with Crippen LogP contribution in [0.4, 0.5) is 5.69 Å². The van der Waals surface area contributed by atoms with Crippen LogP contribution in [0.25, 0.3) is 16.0 Å². The van der Waals surface area contributed by atoms with E-state index in [4.69, 9.17) is 10.5 Å². The minimum Gasteiger partial charge on any atom is -0.465 e. The van der Waals surface area contributed by atoms with Gasteiger partial charge in [0.05, 0.1) is 12.7 Å². The number of benzene rings is 1. The molecule has 0 spiro atoms. The number of thiophene rings is 1. The van der Waals surface area contributed by atoms with Gasteiger partial charge in [-0.25, -0.2) is 4.79 Å². The predicted octanol–water partition coefficient (Wildman–Crippen LogP) is 5.32. The molecule has 0 bridgehead atoms. The van der Waals surface area contributed by atoms with Gasteiger partial charge in [-0.05, 0) is 67.1 Å². The molecule has 0 unspecified atom stereocenters. The molecule has 2 aliphatic rings. The molecule has 5 nitrogen and oxygen atoms in total. The minimum absolute atomic E-state index is 0.295. The number of ether oxygens (including phenoxy) is 1. The predicted molar refractivity (Wildman–Crippen MR) is 126 cm³/mol. The Hall–Kier alpha value is -2.62. The van der Waals surface area contributed by atoms with Gasteiger partial charge in [0, 0.05) is 29.2 Å². The van der Waals surface area contributed by atoms with Crippen LogP contribution in [0, 0.1) is 17.2 Å². The van der Waals surface area contributed by atoms with Crippen LogP contribution in [0.1, 0.15) is 59.3 Å². The molecule has 1 aromatic heterocycles. The molecule has 0 atom stereocenters. The number of nitriles is 1. The first-order chi connectivity index (χ1) is 15.0. The first-order valence-electron chi connectivity index (χ1n) is 10.9. The molecule has 0 radical (unpaired) electrons. The van der Waals surface area contributed by atoms with Gasteiger partial charge < -0.3 is 15.4 Å². The number of rotatable bonds is 4. The number of methoxy groups -OCH3 is 1. The summed E-state index contributed by atoms with van der Waals surface area (Å²) in [4.78, 5) is 16.7. The highest BCUT2D eigenvalue weighted by Gasteiger charge is 2.29. The molecule has 1 saturated carbocycles. The Labute approximate surface area is 188 Å². The van der Waals surface area contributed by atoms with E-state index in [1.54, 1.807) is 12.1 Å². The van der Waals surface area contributed by atoms with Gasteiger partial charge in [0.25, 0.3) is 0 Å². The Morgan fingerprint density at radius 2 is 2.03 bits per heavy atom. The van der Waals surface area contributed by atoms with E-state index in [1.165, 1.54) is 61.7 Å². The van der Waals surface area contributed by atoms with Crippen molar-refractivity contribution in [3.05, 3.63) is 45.8 Å². The number of nitrogens with two attached hydrogens (primary N) is 1. The Balaban J connectivity index is 1.84. The third kappa shape index (κ3) is 4.39. The maximum atomic E-state index is 12.7. The zero-order chi connectivity index (χ0) is 22.0. The number of hydrogen-bond donors (Lipinski definition) is 1. The van der Waals surface area contributed by atoms with Gasteiger partial charge in [0.15, 0.2) is 0 Å². The van der Waals surface area contributed by atoms with Crippen molar-refractivity contribution >= 4 is 28.6 Å². The molecule has 0 saturated heterocycles. The van der Waals surface area contributed by atoms with E-state index >= 15 is 0 Å². The summed E-state index contributed by atoms with van der Waals surface area (Å²) in [5.74, 6) is 0.304. The van der Waals surface area contributed by atoms with Crippen LogP contribution < -0.4 is 5.73 Å². The summed E-state index contributed by atoms with van der Waals surface area (Å²) in [6.07, 6.45) is 7.30. The van der Waals surface area contributed by atoms with E-state index in [9.17, 15) is 10.1 Å². The molecule has 1 aliphatic heterocycles. The van der Waals surface area contributed by atoms with Crippen LogP contribution in [-0.4, -0.2) is 38.1 Å². The lowest BCUT2D eigenvalue weighted by molar-refractivity contribution is 0.0606. The SMILES string of the molecule is COC(=O)c1sc(-c2ccc(N)c(C#N)c2)cc1C1=C(C2CCCCC2)CN(C)CC1. The van der Waals surface area contributed by atoms with Crippen LogP contribution in [0.15, 0.2) is 29.8 Å². The number of carbonyl (C=O) groups excluding carboxylic acids is 1. The highest BCUT2D eigenvalue weighted by molar-refractivity contribution is 7.17. The number of carbonyl (C=O) groups is 1. The zero-order valence-corrected chi connectivity index (χ0v) is 19.1. The van der Waals surface area contributed by atoms with E-state index < -0.39 is 0 Å². The van der Waals surface area contributed by atoms with Crippen molar-refractivity contribution in [3.8, 4) is 16.5 Å². The minimum atomic E-state index is -0.295. The Bertz CT molecular complexity index is 1060. The lowest BCUT2D eigenvalue weighted by atomic mass is 9.78. The van der Waals surface area contributed by atoms with Crippen LogP contribution in [0.2, 0.25) is 0 Å². The zero-order valence-electron chi connectivity index (χ0n) is 18.2. The number of anilines is 1. The Morgan fingerprint density at radius 1 is 1.26 bits per heavy atom. The van der Waals surface area contributed by atoms with Crippen molar-refractivity contribution in [3.63, 3.8) is 0 Å². The average molecular weight is 436 g/mol. The summed E-state index contributed by atoms with van der Waals surface area (Å²) >= 11 is 1.44. The van der Waals surface area contributed by atoms with Crippen molar-refractivity contribution < 1.29 is 9.53 Å². The molecule has 0 amide bonds. The van der Waals surface area contributed by atoms with Crippen LogP contribution in [0.5, 0.6) is 0 Å². The highest BCUT2D eigenvalue weighted by Crippen LogP contribution is 2.43. The maximum absolute atomic E-state index is 12.7. The van der Waals surface area contributed by atoms with Crippen LogP contribution in [-0.2, 0) is 4.74 Å². The second kappa shape index (κ2) is 9.25. The van der Waals surface area contributed by atoms with Crippen molar-refractivity contribution in [1.82, 2.24) is 4.90 Å². The van der Waals surface area contributed by atoms with Gasteiger partial charge in [-0.1, -0.05) is 25.3 Å². The van der Waals surface area contributed by atoms with E-state index in [0.717, 1.165) is 35.5 Å². The van der Waals surface area contributed by atoms with E-state index in [1.807, 2.05) is 6.07 Å². The summed E-state index contributed by atoms with van der Waals surface area (Å²) in [5.41, 5.74) is 11.6. The standard InChI is InChI=1S/C25H29N3O2S/c1-28-11-10-19(21(15-28)16-6-4-3-5-7-16)20-13-23(31-24(20)25(29)30-2)17-8-9-22(27)18(12-17)14-26/h8-9,12-13,16H,3-7,10-11,15,27H2,1-2H3. The monoisotopic (exact) mass is 435 g/mol. The normalized spacial score (nSPS) is 18.1. The molecule has 1 fully saturated rings. The maximum Gasteiger partial charge on any atom is 0.348 e. The van der Waals surface area contributed by atoms with Crippen molar-refractivity contribution in [2.75, 3.05) is 33.0 Å². The molecule has 2 aromatic rings. The van der Waals surface area contributed by atoms with E-state index in [2.05, 4.69) is 24.1 Å². The lowest BCUT2D eigenvalue weighted by Gasteiger charge is -2.34. The molecule has 2 N–H and O–H groups in total. The molecule has 2 heterocycles. The third-order valence-corrected chi connectivity index (χ3v) is 7.72. The quantitative estimate of drug-likeness (QED) is 0.519. The average Bonchev–Trinajstić information content (AvgIpc) is 3.24. The molecule has 1 aliphatic carbocycles. The van der Waals surface area contributed by atoms with Gasteiger partial charge in [0.2, 0.25) is 0 Å². The van der Waals surface area contributed by atoms with Gasteiger partial charge in [-0.3, -0.25) is 0 Å². The first-order valence-corrected chi connectivity index (χ1v) is 11.8. The van der Waals surface area contributed by atoms with Crippen molar-refractivity contribution in [2.45, 2.75) is 38.5 Å². The fourth-order valence-corrected chi connectivity index (χ4v) is 5.97. The number of nitrogen functional groups attached to an aromatic ring is 1. The number of hydrogen-bond acceptors (Lipinski definition) is 6. The molecule has 4 rings (SSSR count). The highest BCUT2D eigenvalue weighted by atomic mass is 32.1. The van der Waals surface area contributed by atoms with Crippen LogP contribution in [0.3, 0.4) is 0 Å². The number of likely N-dealkylation sites (N-methyl/N-ethyl adjacent to an activating group) is 1. The Kier molecular flexibility index (Phi) is 6.45. The summed E-state index contributed by atoms with van der Waals surface area (Å²) in [7, 11) is 3.62. The van der Waals surface area contributed by atoms with E-state index in [0.29, 0.717) is 22.0 Å². The van der Waals surface area contributed by atoms with Gasteiger partial charge in [-0.15, -0.1) is 11.3 Å². The Morgan fingerprint density at radius 3 is 2.74 bits per heavy atom. The summed E-state index contributed by atoms with van der Waals surface area (Å²) in [6, 6.07) is 9.74. The third-order valence-electron chi connectivity index (χ3n) is 6.56. The number of nitrogens with zero attached hydrogens (tertiary/aromatic N) is 2. The molecule has 162 valence electrons. The first kappa shape index (κ1) is 21.6. The second-order valence-corrected chi connectivity index (χ2v) is 9.64. The smallest absolute Gasteiger partial charge is 0.348 e. The van der Waals surface area contributed by atoms with Gasteiger partial charge in [0.1, 0.15) is 10.9 Å². The van der Waals surface area contributed by atoms with E-state index in [-0.39, 0.29) is 5.97 Å². The molecule has 31 heavy (non-hydrogen) atoms. The van der Waals surface area contributed by atoms with Gasteiger partial charge in [-0.2, -0.15) is 5.26 Å². The second-order valence-electron chi connectivity index (χ2n) is 8.59. The molecule has 1 aromatic carbocycles. The molecular weight excluding hydrogens is 406 g/mol. The fraction of sp³-hybridized carbons (Fsp3) is 0.440.